The summed E-state index contributed by atoms with van der Waals surface area (Å²) >= 11 is 0. The predicted octanol–water partition coefficient (Wildman–Crippen LogP) is 2.58. The summed E-state index contributed by atoms with van der Waals surface area (Å²) in [7, 11) is -3.76. The van der Waals surface area contributed by atoms with Crippen molar-refractivity contribution in [2.24, 2.45) is 0 Å². The van der Waals surface area contributed by atoms with Crippen molar-refractivity contribution in [3.63, 3.8) is 0 Å². The molecule has 0 spiro atoms. The minimum Gasteiger partial charge on any atom is -0.454 e. The van der Waals surface area contributed by atoms with Crippen molar-refractivity contribution < 1.29 is 23.0 Å². The van der Waals surface area contributed by atoms with Crippen molar-refractivity contribution >= 4 is 15.7 Å². The van der Waals surface area contributed by atoms with Crippen molar-refractivity contribution in [2.45, 2.75) is 24.8 Å². The number of ether oxygens (including phenoxy) is 2. The van der Waals surface area contributed by atoms with Crippen LogP contribution in [0.1, 0.15) is 24.2 Å². The van der Waals surface area contributed by atoms with Gasteiger partial charge in [-0.25, -0.2) is 8.42 Å². The van der Waals surface area contributed by atoms with Crippen LogP contribution in [0.3, 0.4) is 0 Å². The van der Waals surface area contributed by atoms with E-state index in [1.54, 1.807) is 25.1 Å². The summed E-state index contributed by atoms with van der Waals surface area (Å²) in [5.41, 5.74) is 1.66. The molecule has 1 aliphatic heterocycles. The number of sulfonamides is 1. The number of rotatable bonds is 4. The second-order valence-electron chi connectivity index (χ2n) is 5.39. The largest absolute Gasteiger partial charge is 0.454 e. The molecule has 1 atom stereocenters. The minimum atomic E-state index is -3.76. The zero-order valence-electron chi connectivity index (χ0n) is 12.7. The fourth-order valence-corrected chi connectivity index (χ4v) is 3.39. The van der Waals surface area contributed by atoms with Gasteiger partial charge >= 0.3 is 0 Å². The average Bonchev–Trinajstić information content (AvgIpc) is 2.93. The molecule has 3 rings (SSSR count). The molecule has 0 aromatic heterocycles. The van der Waals surface area contributed by atoms with E-state index in [1.807, 2.05) is 6.92 Å². The van der Waals surface area contributed by atoms with E-state index in [0.29, 0.717) is 17.1 Å². The molecule has 2 aromatic carbocycles. The first-order valence-corrected chi connectivity index (χ1v) is 8.56. The number of aryl methyl sites for hydroxylation is 1. The van der Waals surface area contributed by atoms with Gasteiger partial charge in [0.05, 0.1) is 16.7 Å². The van der Waals surface area contributed by atoms with E-state index >= 15 is 0 Å². The van der Waals surface area contributed by atoms with Crippen LogP contribution in [0, 0.1) is 6.92 Å². The highest BCUT2D eigenvalue weighted by Gasteiger charge is 2.23. The Hall–Kier alpha value is -2.25. The van der Waals surface area contributed by atoms with E-state index in [1.165, 1.54) is 18.2 Å². The van der Waals surface area contributed by atoms with Crippen LogP contribution in [-0.2, 0) is 10.0 Å². The fourth-order valence-electron chi connectivity index (χ4n) is 2.31. The standard InChI is InChI=1S/C16H17NO5S/c1-10-3-5-12(6-4-10)23(19,20)17-14-8-16-15(21-9-22-16)7-13(14)11(2)18/h3-8,11,17-18H,9H2,1-2H3. The molecule has 0 aliphatic carbocycles. The first kappa shape index (κ1) is 15.6. The molecule has 0 saturated carbocycles. The normalized spacial score (nSPS) is 14.6. The molecule has 122 valence electrons. The Morgan fingerprint density at radius 2 is 1.74 bits per heavy atom. The van der Waals surface area contributed by atoms with Gasteiger partial charge < -0.3 is 14.6 Å². The van der Waals surface area contributed by atoms with Gasteiger partial charge in [0.2, 0.25) is 6.79 Å². The van der Waals surface area contributed by atoms with Gasteiger partial charge in [0.1, 0.15) is 0 Å². The molecule has 1 unspecified atom stereocenters. The Morgan fingerprint density at radius 3 is 2.35 bits per heavy atom. The van der Waals surface area contributed by atoms with E-state index in [4.69, 9.17) is 9.47 Å². The highest BCUT2D eigenvalue weighted by Crippen LogP contribution is 2.39. The Balaban J connectivity index is 2.00. The number of aliphatic hydroxyl groups is 1. The SMILES string of the molecule is Cc1ccc(S(=O)(=O)Nc2cc3c(cc2C(C)O)OCO3)cc1. The molecule has 2 aromatic rings. The molecule has 1 aliphatic rings. The summed E-state index contributed by atoms with van der Waals surface area (Å²) in [5, 5.41) is 9.91. The third kappa shape index (κ3) is 3.11. The Labute approximate surface area is 134 Å². The first-order chi connectivity index (χ1) is 10.9. The monoisotopic (exact) mass is 335 g/mol. The summed E-state index contributed by atoms with van der Waals surface area (Å²) in [6.07, 6.45) is -0.861. The van der Waals surface area contributed by atoms with Crippen molar-refractivity contribution in [1.82, 2.24) is 0 Å². The van der Waals surface area contributed by atoms with Crippen molar-refractivity contribution in [3.05, 3.63) is 47.5 Å². The minimum absolute atomic E-state index is 0.0722. The van der Waals surface area contributed by atoms with Crippen LogP contribution in [0.2, 0.25) is 0 Å². The van der Waals surface area contributed by atoms with Gasteiger partial charge in [0.25, 0.3) is 10.0 Å². The summed E-state index contributed by atoms with van der Waals surface area (Å²) in [5.74, 6) is 0.926. The van der Waals surface area contributed by atoms with E-state index in [0.717, 1.165) is 5.56 Å². The van der Waals surface area contributed by atoms with Crippen molar-refractivity contribution in [3.8, 4) is 11.5 Å². The molecular weight excluding hydrogens is 318 g/mol. The summed E-state index contributed by atoms with van der Waals surface area (Å²) < 4.78 is 38.1. The lowest BCUT2D eigenvalue weighted by molar-refractivity contribution is 0.173. The third-order valence-corrected chi connectivity index (χ3v) is 4.95. The Bertz CT molecular complexity index is 828. The van der Waals surface area contributed by atoms with Crippen LogP contribution >= 0.6 is 0 Å². The second-order valence-corrected chi connectivity index (χ2v) is 7.07. The zero-order chi connectivity index (χ0) is 16.6. The van der Waals surface area contributed by atoms with Gasteiger partial charge in [0, 0.05) is 11.6 Å². The lowest BCUT2D eigenvalue weighted by Gasteiger charge is -2.15. The van der Waals surface area contributed by atoms with Crippen LogP contribution in [0.15, 0.2) is 41.3 Å². The molecular formula is C16H17NO5S. The average molecular weight is 335 g/mol. The van der Waals surface area contributed by atoms with E-state index in [-0.39, 0.29) is 17.4 Å². The van der Waals surface area contributed by atoms with E-state index < -0.39 is 16.1 Å². The van der Waals surface area contributed by atoms with E-state index in [9.17, 15) is 13.5 Å². The molecule has 0 radical (unpaired) electrons. The zero-order valence-corrected chi connectivity index (χ0v) is 13.6. The molecule has 7 heteroatoms. The maximum Gasteiger partial charge on any atom is 0.261 e. The van der Waals surface area contributed by atoms with Gasteiger partial charge in [0.15, 0.2) is 11.5 Å². The Morgan fingerprint density at radius 1 is 1.13 bits per heavy atom. The van der Waals surface area contributed by atoms with Gasteiger partial charge in [-0.15, -0.1) is 0 Å². The van der Waals surface area contributed by atoms with Crippen molar-refractivity contribution in [1.29, 1.82) is 0 Å². The van der Waals surface area contributed by atoms with Gasteiger partial charge in [-0.05, 0) is 32.0 Å². The molecule has 0 saturated heterocycles. The van der Waals surface area contributed by atoms with Gasteiger partial charge in [-0.2, -0.15) is 0 Å². The van der Waals surface area contributed by atoms with Gasteiger partial charge in [-0.3, -0.25) is 4.72 Å². The third-order valence-electron chi connectivity index (χ3n) is 3.57. The quantitative estimate of drug-likeness (QED) is 0.897. The summed E-state index contributed by atoms with van der Waals surface area (Å²) in [6, 6.07) is 9.63. The van der Waals surface area contributed by atoms with Gasteiger partial charge in [-0.1, -0.05) is 17.7 Å². The molecule has 0 amide bonds. The lowest BCUT2D eigenvalue weighted by Crippen LogP contribution is -2.15. The molecule has 0 fully saturated rings. The predicted molar refractivity (Wildman–Crippen MR) is 85.2 cm³/mol. The number of aliphatic hydroxyl groups excluding tert-OH is 1. The maximum atomic E-state index is 12.5. The summed E-state index contributed by atoms with van der Waals surface area (Å²) in [6.45, 7) is 3.51. The van der Waals surface area contributed by atoms with Crippen LogP contribution in [0.5, 0.6) is 11.5 Å². The first-order valence-electron chi connectivity index (χ1n) is 7.08. The van der Waals surface area contributed by atoms with Crippen LogP contribution in [0.4, 0.5) is 5.69 Å². The molecule has 23 heavy (non-hydrogen) atoms. The van der Waals surface area contributed by atoms with Crippen LogP contribution in [0.25, 0.3) is 0 Å². The van der Waals surface area contributed by atoms with E-state index in [2.05, 4.69) is 4.72 Å². The maximum absolute atomic E-state index is 12.5. The fraction of sp³-hybridized carbons (Fsp3) is 0.250. The second kappa shape index (κ2) is 5.75. The lowest BCUT2D eigenvalue weighted by atomic mass is 10.1. The number of hydrogen-bond donors (Lipinski definition) is 2. The molecule has 2 N–H and O–H groups in total. The number of hydrogen-bond acceptors (Lipinski definition) is 5. The highest BCUT2D eigenvalue weighted by atomic mass is 32.2. The summed E-state index contributed by atoms with van der Waals surface area (Å²) in [4.78, 5) is 0.150. The topological polar surface area (TPSA) is 84.9 Å². The van der Waals surface area contributed by atoms with Crippen LogP contribution in [-0.4, -0.2) is 20.3 Å². The highest BCUT2D eigenvalue weighted by molar-refractivity contribution is 7.92. The Kier molecular flexibility index (Phi) is 3.91. The van der Waals surface area contributed by atoms with Crippen molar-refractivity contribution in [2.75, 3.05) is 11.5 Å². The smallest absolute Gasteiger partial charge is 0.261 e. The molecule has 0 bridgehead atoms. The van der Waals surface area contributed by atoms with Crippen LogP contribution < -0.4 is 14.2 Å². The number of nitrogens with one attached hydrogen (secondary N) is 1. The molecule has 1 heterocycles. The number of benzene rings is 2. The number of fused-ring (bicyclic) bond motifs is 1. The molecule has 6 nitrogen and oxygen atoms in total. The number of anilines is 1.